The first-order chi connectivity index (χ1) is 10.5. The molecular formula is C15H22N2O4S. The van der Waals surface area contributed by atoms with Crippen molar-refractivity contribution in [2.24, 2.45) is 0 Å². The van der Waals surface area contributed by atoms with Gasteiger partial charge in [-0.05, 0) is 37.5 Å². The molecule has 2 rings (SSSR count). The number of nitrogens with zero attached hydrogens (tertiary/aromatic N) is 1. The first-order valence-corrected chi connectivity index (χ1v) is 8.91. The predicted octanol–water partition coefficient (Wildman–Crippen LogP) is 1.62. The lowest BCUT2D eigenvalue weighted by Gasteiger charge is -2.17. The second kappa shape index (κ2) is 7.11. The number of hydrogen-bond acceptors (Lipinski definition) is 4. The second-order valence-corrected chi connectivity index (χ2v) is 7.17. The molecule has 1 amide bonds. The number of hydrogen-bond donors (Lipinski definition) is 1. The molecule has 7 heteroatoms. The van der Waals surface area contributed by atoms with Gasteiger partial charge in [-0.1, -0.05) is 6.92 Å². The van der Waals surface area contributed by atoms with Crippen molar-refractivity contribution in [3.8, 4) is 5.75 Å². The molecule has 0 unspecified atom stereocenters. The zero-order chi connectivity index (χ0) is 16.2. The summed E-state index contributed by atoms with van der Waals surface area (Å²) in [6.45, 7) is 3.55. The quantitative estimate of drug-likeness (QED) is 0.862. The third-order valence-corrected chi connectivity index (χ3v) is 5.55. The number of sulfonamides is 1. The molecule has 1 saturated heterocycles. The second-order valence-electron chi connectivity index (χ2n) is 5.23. The van der Waals surface area contributed by atoms with Crippen molar-refractivity contribution in [2.75, 3.05) is 26.7 Å². The van der Waals surface area contributed by atoms with E-state index in [0.717, 1.165) is 19.3 Å². The van der Waals surface area contributed by atoms with Crippen molar-refractivity contribution in [2.45, 2.75) is 31.1 Å². The Labute approximate surface area is 131 Å². The lowest BCUT2D eigenvalue weighted by Crippen LogP contribution is -2.29. The summed E-state index contributed by atoms with van der Waals surface area (Å²) in [5.41, 5.74) is 0.247. The van der Waals surface area contributed by atoms with Gasteiger partial charge >= 0.3 is 0 Å². The molecule has 0 saturated carbocycles. The van der Waals surface area contributed by atoms with Gasteiger partial charge in [-0.2, -0.15) is 4.31 Å². The Kier molecular flexibility index (Phi) is 5.42. The van der Waals surface area contributed by atoms with Crippen LogP contribution in [0.1, 0.15) is 36.5 Å². The molecule has 1 heterocycles. The van der Waals surface area contributed by atoms with Crippen LogP contribution < -0.4 is 10.1 Å². The van der Waals surface area contributed by atoms with E-state index in [2.05, 4.69) is 5.32 Å². The zero-order valence-corrected chi connectivity index (χ0v) is 13.8. The number of carbonyl (C=O) groups excluding carboxylic acids is 1. The van der Waals surface area contributed by atoms with Crippen LogP contribution in [-0.2, 0) is 10.0 Å². The molecule has 1 N–H and O–H groups in total. The number of rotatable bonds is 6. The Balaban J connectivity index is 2.36. The van der Waals surface area contributed by atoms with Crippen molar-refractivity contribution >= 4 is 15.9 Å². The zero-order valence-electron chi connectivity index (χ0n) is 13.0. The number of benzene rings is 1. The summed E-state index contributed by atoms with van der Waals surface area (Å²) >= 11 is 0. The van der Waals surface area contributed by atoms with E-state index in [1.807, 2.05) is 6.92 Å². The van der Waals surface area contributed by atoms with E-state index in [4.69, 9.17) is 4.74 Å². The summed E-state index contributed by atoms with van der Waals surface area (Å²) in [6.07, 6.45) is 2.55. The normalized spacial score (nSPS) is 15.7. The van der Waals surface area contributed by atoms with Gasteiger partial charge in [-0.15, -0.1) is 0 Å². The molecule has 0 bridgehead atoms. The van der Waals surface area contributed by atoms with Gasteiger partial charge in [-0.3, -0.25) is 4.79 Å². The Hall–Kier alpha value is -1.60. The first-order valence-electron chi connectivity index (χ1n) is 7.47. The summed E-state index contributed by atoms with van der Waals surface area (Å²) in [5.74, 6) is 0.0474. The molecule has 1 aliphatic heterocycles. The van der Waals surface area contributed by atoms with Crippen molar-refractivity contribution < 1.29 is 17.9 Å². The third-order valence-electron chi connectivity index (χ3n) is 3.65. The number of amides is 1. The van der Waals surface area contributed by atoms with Gasteiger partial charge in [0.05, 0.1) is 17.6 Å². The topological polar surface area (TPSA) is 75.7 Å². The number of nitrogens with one attached hydrogen (secondary N) is 1. The van der Waals surface area contributed by atoms with Gasteiger partial charge in [0.2, 0.25) is 10.0 Å². The van der Waals surface area contributed by atoms with Crippen LogP contribution in [0, 0.1) is 0 Å². The van der Waals surface area contributed by atoms with Crippen LogP contribution in [-0.4, -0.2) is 45.4 Å². The molecule has 1 aromatic carbocycles. The molecule has 0 radical (unpaired) electrons. The molecule has 0 aliphatic carbocycles. The number of methoxy groups -OCH3 is 1. The van der Waals surface area contributed by atoms with Crippen molar-refractivity contribution in [1.82, 2.24) is 9.62 Å². The van der Waals surface area contributed by atoms with Crippen molar-refractivity contribution in [1.29, 1.82) is 0 Å². The van der Waals surface area contributed by atoms with Crippen LogP contribution in [0.15, 0.2) is 23.1 Å². The fourth-order valence-electron chi connectivity index (χ4n) is 2.44. The maximum absolute atomic E-state index is 12.6. The molecular weight excluding hydrogens is 304 g/mol. The van der Waals surface area contributed by atoms with E-state index in [-0.39, 0.29) is 16.4 Å². The molecule has 6 nitrogen and oxygen atoms in total. The largest absolute Gasteiger partial charge is 0.496 e. The van der Waals surface area contributed by atoms with E-state index in [1.165, 1.54) is 29.6 Å². The predicted molar refractivity (Wildman–Crippen MR) is 83.6 cm³/mol. The van der Waals surface area contributed by atoms with Crippen LogP contribution in [0.5, 0.6) is 5.75 Å². The van der Waals surface area contributed by atoms with E-state index >= 15 is 0 Å². The standard InChI is InChI=1S/C15H22N2O4S/c1-3-8-16-15(18)13-11-12(6-7-14(13)21-2)22(19,20)17-9-4-5-10-17/h6-7,11H,3-5,8-10H2,1-2H3,(H,16,18). The fourth-order valence-corrected chi connectivity index (χ4v) is 3.98. The minimum absolute atomic E-state index is 0.136. The summed E-state index contributed by atoms with van der Waals surface area (Å²) in [5, 5.41) is 2.74. The van der Waals surface area contributed by atoms with E-state index < -0.39 is 10.0 Å². The van der Waals surface area contributed by atoms with Crippen LogP contribution in [0.4, 0.5) is 0 Å². The van der Waals surface area contributed by atoms with Gasteiger partial charge in [0.25, 0.3) is 5.91 Å². The first kappa shape index (κ1) is 16.8. The van der Waals surface area contributed by atoms with E-state index in [9.17, 15) is 13.2 Å². The molecule has 1 aliphatic rings. The van der Waals surface area contributed by atoms with Crippen LogP contribution in [0.2, 0.25) is 0 Å². The van der Waals surface area contributed by atoms with Gasteiger partial charge in [0.1, 0.15) is 5.75 Å². The molecule has 1 fully saturated rings. The van der Waals surface area contributed by atoms with Gasteiger partial charge in [-0.25, -0.2) is 8.42 Å². The minimum Gasteiger partial charge on any atom is -0.496 e. The Morgan fingerprint density at radius 2 is 2.00 bits per heavy atom. The maximum atomic E-state index is 12.6. The Morgan fingerprint density at radius 1 is 1.32 bits per heavy atom. The molecule has 1 aromatic rings. The fraction of sp³-hybridized carbons (Fsp3) is 0.533. The number of ether oxygens (including phenoxy) is 1. The summed E-state index contributed by atoms with van der Waals surface area (Å²) in [6, 6.07) is 4.42. The Bertz CT molecular complexity index is 637. The monoisotopic (exact) mass is 326 g/mol. The summed E-state index contributed by atoms with van der Waals surface area (Å²) in [7, 11) is -2.08. The molecule has 122 valence electrons. The lowest BCUT2D eigenvalue weighted by atomic mass is 10.2. The average Bonchev–Trinajstić information content (AvgIpc) is 3.07. The van der Waals surface area contributed by atoms with Crippen molar-refractivity contribution in [3.63, 3.8) is 0 Å². The molecule has 0 atom stereocenters. The highest BCUT2D eigenvalue weighted by atomic mass is 32.2. The highest BCUT2D eigenvalue weighted by Crippen LogP contribution is 2.26. The summed E-state index contributed by atoms with van der Waals surface area (Å²) in [4.78, 5) is 12.3. The van der Waals surface area contributed by atoms with Crippen LogP contribution in [0.3, 0.4) is 0 Å². The highest BCUT2D eigenvalue weighted by Gasteiger charge is 2.28. The smallest absolute Gasteiger partial charge is 0.255 e. The number of carbonyl (C=O) groups is 1. The van der Waals surface area contributed by atoms with E-state index in [1.54, 1.807) is 0 Å². The third kappa shape index (κ3) is 3.41. The minimum atomic E-state index is -3.54. The van der Waals surface area contributed by atoms with Crippen LogP contribution in [0.25, 0.3) is 0 Å². The van der Waals surface area contributed by atoms with E-state index in [0.29, 0.717) is 25.4 Å². The Morgan fingerprint density at radius 3 is 2.59 bits per heavy atom. The van der Waals surface area contributed by atoms with Gasteiger partial charge in [0.15, 0.2) is 0 Å². The molecule has 0 spiro atoms. The molecule has 22 heavy (non-hydrogen) atoms. The SMILES string of the molecule is CCCNC(=O)c1cc(S(=O)(=O)N2CCCC2)ccc1OC. The van der Waals surface area contributed by atoms with Gasteiger partial charge in [0, 0.05) is 19.6 Å². The van der Waals surface area contributed by atoms with Crippen LogP contribution >= 0.6 is 0 Å². The van der Waals surface area contributed by atoms with Crippen molar-refractivity contribution in [3.05, 3.63) is 23.8 Å². The highest BCUT2D eigenvalue weighted by molar-refractivity contribution is 7.89. The average molecular weight is 326 g/mol. The summed E-state index contributed by atoms with van der Waals surface area (Å²) < 4.78 is 31.8. The molecule has 0 aromatic heterocycles. The van der Waals surface area contributed by atoms with Gasteiger partial charge < -0.3 is 10.1 Å². The maximum Gasteiger partial charge on any atom is 0.255 e. The lowest BCUT2D eigenvalue weighted by molar-refractivity contribution is 0.0950.